The topological polar surface area (TPSA) is 74.8 Å². The Morgan fingerprint density at radius 3 is 2.63 bits per heavy atom. The zero-order chi connectivity index (χ0) is 29.4. The van der Waals surface area contributed by atoms with Crippen molar-refractivity contribution in [2.24, 2.45) is 5.92 Å². The zero-order valence-corrected chi connectivity index (χ0v) is 25.8. The van der Waals surface area contributed by atoms with Crippen LogP contribution >= 0.6 is 0 Å². The largest absolute Gasteiger partial charge is 0.493 e. The molecule has 9 heteroatoms. The minimum Gasteiger partial charge on any atom is -0.493 e. The van der Waals surface area contributed by atoms with E-state index >= 15 is 0 Å². The summed E-state index contributed by atoms with van der Waals surface area (Å²) in [5.41, 5.74) is 1.14. The molecule has 1 aromatic carbocycles. The first-order valence-electron chi connectivity index (χ1n) is 15.4. The van der Waals surface area contributed by atoms with Crippen molar-refractivity contribution in [1.82, 2.24) is 19.6 Å². The molecular weight excluding hydrogens is 520 g/mol. The summed E-state index contributed by atoms with van der Waals surface area (Å²) < 4.78 is 16.9. The zero-order valence-electron chi connectivity index (χ0n) is 25.8. The van der Waals surface area contributed by atoms with E-state index in [9.17, 15) is 9.59 Å². The number of amides is 2. The average Bonchev–Trinajstić information content (AvgIpc) is 3.59. The molecule has 0 aliphatic carbocycles. The standard InChI is InChI=1S/C32H50N4O5/c1-6-7-14-34(15-9-8-13-33(3)4)31(38)22-36-21-26(25-18-28(39-5)32-29(19-25)40-23-41-32)17-27(36)12-16-35-20-24(2)10-11-30(35)37/h10-11,18-19,24,26-27H,6-9,12-17,20-23H2,1-5H3/t24?,26-,27+/m1/s1. The first kappa shape index (κ1) is 31.2. The Kier molecular flexibility index (Phi) is 11.3. The second-order valence-electron chi connectivity index (χ2n) is 12.1. The maximum absolute atomic E-state index is 13.7. The number of likely N-dealkylation sites (tertiary alicyclic amines) is 1. The number of rotatable bonds is 15. The summed E-state index contributed by atoms with van der Waals surface area (Å²) >= 11 is 0. The van der Waals surface area contributed by atoms with Crippen molar-refractivity contribution < 1.29 is 23.8 Å². The lowest BCUT2D eigenvalue weighted by Gasteiger charge is -2.31. The second-order valence-corrected chi connectivity index (χ2v) is 12.1. The monoisotopic (exact) mass is 570 g/mol. The van der Waals surface area contributed by atoms with Gasteiger partial charge in [-0.1, -0.05) is 26.3 Å². The molecule has 0 saturated carbocycles. The third-order valence-electron chi connectivity index (χ3n) is 8.56. The fourth-order valence-electron chi connectivity index (χ4n) is 6.18. The number of carbonyl (C=O) groups excluding carboxylic acids is 2. The predicted octanol–water partition coefficient (Wildman–Crippen LogP) is 3.98. The molecule has 3 atom stereocenters. The Labute approximate surface area is 246 Å². The van der Waals surface area contributed by atoms with E-state index in [1.165, 1.54) is 0 Å². The normalized spacial score (nSPS) is 22.1. The van der Waals surface area contributed by atoms with Crippen LogP contribution in [0.3, 0.4) is 0 Å². The number of unbranched alkanes of at least 4 members (excludes halogenated alkanes) is 2. The van der Waals surface area contributed by atoms with Crippen LogP contribution in [0.5, 0.6) is 17.2 Å². The van der Waals surface area contributed by atoms with Crippen LogP contribution in [-0.2, 0) is 9.59 Å². The van der Waals surface area contributed by atoms with Gasteiger partial charge in [0.1, 0.15) is 0 Å². The predicted molar refractivity (Wildman–Crippen MR) is 161 cm³/mol. The molecule has 0 bridgehead atoms. The Morgan fingerprint density at radius 2 is 1.88 bits per heavy atom. The van der Waals surface area contributed by atoms with Crippen LogP contribution < -0.4 is 14.2 Å². The summed E-state index contributed by atoms with van der Waals surface area (Å²) in [4.78, 5) is 34.9. The van der Waals surface area contributed by atoms with E-state index in [1.807, 2.05) is 11.0 Å². The van der Waals surface area contributed by atoms with Crippen molar-refractivity contribution in [3.8, 4) is 17.2 Å². The van der Waals surface area contributed by atoms with Gasteiger partial charge in [-0.05, 0) is 88.4 Å². The molecule has 0 spiro atoms. The molecule has 9 nitrogen and oxygen atoms in total. The molecule has 4 rings (SSSR count). The molecule has 3 heterocycles. The van der Waals surface area contributed by atoms with E-state index < -0.39 is 0 Å². The van der Waals surface area contributed by atoms with Crippen LogP contribution in [0.25, 0.3) is 0 Å². The van der Waals surface area contributed by atoms with Crippen molar-refractivity contribution in [2.45, 2.75) is 64.3 Å². The first-order chi connectivity index (χ1) is 19.8. The van der Waals surface area contributed by atoms with Crippen LogP contribution in [-0.4, -0.2) is 111 Å². The summed E-state index contributed by atoms with van der Waals surface area (Å²) in [7, 11) is 5.83. The maximum atomic E-state index is 13.7. The minimum atomic E-state index is 0.0873. The summed E-state index contributed by atoms with van der Waals surface area (Å²) in [6.45, 7) is 9.80. The van der Waals surface area contributed by atoms with Gasteiger partial charge >= 0.3 is 0 Å². The fraction of sp³-hybridized carbons (Fsp3) is 0.688. The summed E-state index contributed by atoms with van der Waals surface area (Å²) in [6, 6.07) is 4.33. The molecule has 228 valence electrons. The molecule has 1 fully saturated rings. The number of fused-ring (bicyclic) bond motifs is 1. The summed E-state index contributed by atoms with van der Waals surface area (Å²) in [5.74, 6) is 2.95. The summed E-state index contributed by atoms with van der Waals surface area (Å²) in [6.07, 6.45) is 9.64. The quantitative estimate of drug-likeness (QED) is 0.296. The number of hydrogen-bond acceptors (Lipinski definition) is 7. The number of nitrogens with zero attached hydrogens (tertiary/aromatic N) is 4. The Hall–Kier alpha value is -2.78. The van der Waals surface area contributed by atoms with Crippen LogP contribution in [0.1, 0.15) is 63.9 Å². The number of hydrogen-bond donors (Lipinski definition) is 0. The molecule has 1 unspecified atom stereocenters. The molecule has 0 N–H and O–H groups in total. The lowest BCUT2D eigenvalue weighted by Crippen LogP contribution is -2.44. The Bertz CT molecular complexity index is 1060. The van der Waals surface area contributed by atoms with Gasteiger partial charge in [-0.25, -0.2) is 0 Å². The highest BCUT2D eigenvalue weighted by atomic mass is 16.7. The smallest absolute Gasteiger partial charge is 0.246 e. The van der Waals surface area contributed by atoms with Gasteiger partial charge in [-0.3, -0.25) is 14.5 Å². The van der Waals surface area contributed by atoms with Gasteiger partial charge in [0.25, 0.3) is 0 Å². The second kappa shape index (κ2) is 14.9. The highest BCUT2D eigenvalue weighted by molar-refractivity contribution is 5.88. The molecule has 3 aliphatic rings. The molecule has 1 saturated heterocycles. The van der Waals surface area contributed by atoms with Gasteiger partial charge in [0, 0.05) is 38.8 Å². The van der Waals surface area contributed by atoms with Gasteiger partial charge in [-0.2, -0.15) is 0 Å². The van der Waals surface area contributed by atoms with E-state index in [0.717, 1.165) is 76.8 Å². The number of methoxy groups -OCH3 is 1. The van der Waals surface area contributed by atoms with Gasteiger partial charge in [0.2, 0.25) is 24.4 Å². The van der Waals surface area contributed by atoms with E-state index in [0.29, 0.717) is 36.3 Å². The molecular formula is C32H50N4O5. The third kappa shape index (κ3) is 8.38. The van der Waals surface area contributed by atoms with Gasteiger partial charge in [-0.15, -0.1) is 0 Å². The molecule has 2 amide bonds. The van der Waals surface area contributed by atoms with E-state index in [4.69, 9.17) is 14.2 Å². The van der Waals surface area contributed by atoms with Gasteiger partial charge in [0.05, 0.1) is 13.7 Å². The molecule has 0 aromatic heterocycles. The number of benzene rings is 1. The van der Waals surface area contributed by atoms with Gasteiger partial charge in [0.15, 0.2) is 11.5 Å². The van der Waals surface area contributed by atoms with Crippen LogP contribution in [0, 0.1) is 5.92 Å². The Morgan fingerprint density at radius 1 is 1.10 bits per heavy atom. The van der Waals surface area contributed by atoms with Crippen molar-refractivity contribution in [2.75, 3.05) is 73.8 Å². The average molecular weight is 571 g/mol. The van der Waals surface area contributed by atoms with Crippen molar-refractivity contribution in [1.29, 1.82) is 0 Å². The van der Waals surface area contributed by atoms with E-state index in [-0.39, 0.29) is 30.6 Å². The third-order valence-corrected chi connectivity index (χ3v) is 8.56. The maximum Gasteiger partial charge on any atom is 0.246 e. The lowest BCUT2D eigenvalue weighted by atomic mass is 9.94. The molecule has 41 heavy (non-hydrogen) atoms. The van der Waals surface area contributed by atoms with Crippen LogP contribution in [0.2, 0.25) is 0 Å². The summed E-state index contributed by atoms with van der Waals surface area (Å²) in [5, 5.41) is 0. The van der Waals surface area contributed by atoms with Crippen LogP contribution in [0.15, 0.2) is 24.3 Å². The highest BCUT2D eigenvalue weighted by Gasteiger charge is 2.36. The van der Waals surface area contributed by atoms with Crippen molar-refractivity contribution in [3.63, 3.8) is 0 Å². The van der Waals surface area contributed by atoms with Crippen molar-refractivity contribution in [3.05, 3.63) is 29.8 Å². The van der Waals surface area contributed by atoms with Crippen LogP contribution in [0.4, 0.5) is 0 Å². The fourth-order valence-corrected chi connectivity index (χ4v) is 6.18. The van der Waals surface area contributed by atoms with Crippen molar-refractivity contribution >= 4 is 11.8 Å². The highest BCUT2D eigenvalue weighted by Crippen LogP contribution is 2.45. The molecule has 0 radical (unpaired) electrons. The van der Waals surface area contributed by atoms with Gasteiger partial charge < -0.3 is 28.9 Å². The minimum absolute atomic E-state index is 0.0873. The Balaban J connectivity index is 1.47. The first-order valence-corrected chi connectivity index (χ1v) is 15.4. The molecule has 3 aliphatic heterocycles. The number of carbonyl (C=O) groups is 2. The lowest BCUT2D eigenvalue weighted by molar-refractivity contribution is -0.133. The SMILES string of the molecule is CCCCN(CCCCN(C)C)C(=O)CN1C[C@H](c2cc(OC)c3c(c2)OCO3)C[C@@H]1CCN1CC(C)C=CC1=O. The molecule has 1 aromatic rings. The number of ether oxygens (including phenoxy) is 3. The van der Waals surface area contributed by atoms with E-state index in [1.54, 1.807) is 13.2 Å². The van der Waals surface area contributed by atoms with E-state index in [2.05, 4.69) is 54.8 Å².